The van der Waals surface area contributed by atoms with E-state index in [1.807, 2.05) is 49.4 Å². The SMILES string of the molecule is CCCCNC(=O)C(C)N(Cc1ccc(OC)cc1)C(=O)CN(Cc1ccccc1)S(C)(=O)=O. The molecule has 0 fully saturated rings. The van der Waals surface area contributed by atoms with Gasteiger partial charge in [-0.1, -0.05) is 55.8 Å². The minimum absolute atomic E-state index is 0.0683. The summed E-state index contributed by atoms with van der Waals surface area (Å²) in [6.45, 7) is 4.07. The summed E-state index contributed by atoms with van der Waals surface area (Å²) in [5.41, 5.74) is 1.57. The Labute approximate surface area is 202 Å². The van der Waals surface area contributed by atoms with Gasteiger partial charge in [0, 0.05) is 19.6 Å². The topological polar surface area (TPSA) is 96.0 Å². The van der Waals surface area contributed by atoms with Crippen molar-refractivity contribution in [1.29, 1.82) is 0 Å². The fourth-order valence-electron chi connectivity index (χ4n) is 3.37. The molecule has 0 bridgehead atoms. The molecule has 186 valence electrons. The second kappa shape index (κ2) is 13.1. The normalized spacial score (nSPS) is 12.3. The van der Waals surface area contributed by atoms with E-state index >= 15 is 0 Å². The molecule has 0 radical (unpaired) electrons. The summed E-state index contributed by atoms with van der Waals surface area (Å²) in [5.74, 6) is -0.0438. The molecule has 0 aliphatic heterocycles. The Kier molecular flexibility index (Phi) is 10.5. The number of carbonyl (C=O) groups is 2. The number of unbranched alkanes of at least 4 members (excludes halogenated alkanes) is 1. The number of carbonyl (C=O) groups excluding carboxylic acids is 2. The molecule has 2 aromatic carbocycles. The average Bonchev–Trinajstić information content (AvgIpc) is 2.82. The number of hydrogen-bond acceptors (Lipinski definition) is 5. The lowest BCUT2D eigenvalue weighted by Crippen LogP contribution is -2.51. The number of amides is 2. The van der Waals surface area contributed by atoms with E-state index in [0.29, 0.717) is 12.3 Å². The molecular formula is C25H35N3O5S. The van der Waals surface area contributed by atoms with Crippen LogP contribution in [0, 0.1) is 0 Å². The molecule has 2 amide bonds. The van der Waals surface area contributed by atoms with Gasteiger partial charge in [0.2, 0.25) is 21.8 Å². The number of nitrogens with one attached hydrogen (secondary N) is 1. The highest BCUT2D eigenvalue weighted by Crippen LogP contribution is 2.16. The van der Waals surface area contributed by atoms with Gasteiger partial charge in [-0.3, -0.25) is 9.59 Å². The van der Waals surface area contributed by atoms with E-state index in [4.69, 9.17) is 4.74 Å². The van der Waals surface area contributed by atoms with Crippen molar-refractivity contribution in [1.82, 2.24) is 14.5 Å². The van der Waals surface area contributed by atoms with Crippen LogP contribution in [0.15, 0.2) is 54.6 Å². The molecule has 34 heavy (non-hydrogen) atoms. The molecule has 0 spiro atoms. The first-order chi connectivity index (χ1) is 16.2. The number of methoxy groups -OCH3 is 1. The summed E-state index contributed by atoms with van der Waals surface area (Å²) < 4.78 is 31.2. The van der Waals surface area contributed by atoms with Crippen molar-refractivity contribution in [2.24, 2.45) is 0 Å². The van der Waals surface area contributed by atoms with Gasteiger partial charge in [0.15, 0.2) is 0 Å². The summed E-state index contributed by atoms with van der Waals surface area (Å²) >= 11 is 0. The van der Waals surface area contributed by atoms with Crippen LogP contribution in [0.4, 0.5) is 0 Å². The first-order valence-corrected chi connectivity index (χ1v) is 13.2. The average molecular weight is 490 g/mol. The Morgan fingerprint density at radius 3 is 2.18 bits per heavy atom. The highest BCUT2D eigenvalue weighted by molar-refractivity contribution is 7.88. The molecule has 9 heteroatoms. The molecule has 0 aliphatic rings. The van der Waals surface area contributed by atoms with Gasteiger partial charge in [-0.2, -0.15) is 4.31 Å². The molecule has 1 atom stereocenters. The fourth-order valence-corrected chi connectivity index (χ4v) is 4.09. The second-order valence-corrected chi connectivity index (χ2v) is 10.2. The predicted octanol–water partition coefficient (Wildman–Crippen LogP) is 2.79. The molecule has 0 aliphatic carbocycles. The first kappa shape index (κ1) is 27.3. The largest absolute Gasteiger partial charge is 0.497 e. The Morgan fingerprint density at radius 2 is 1.62 bits per heavy atom. The molecule has 8 nitrogen and oxygen atoms in total. The summed E-state index contributed by atoms with van der Waals surface area (Å²) in [6, 6.07) is 15.5. The highest BCUT2D eigenvalue weighted by atomic mass is 32.2. The maximum absolute atomic E-state index is 13.4. The predicted molar refractivity (Wildman–Crippen MR) is 133 cm³/mol. The third-order valence-electron chi connectivity index (χ3n) is 5.49. The van der Waals surface area contributed by atoms with E-state index in [1.54, 1.807) is 26.2 Å². The van der Waals surface area contributed by atoms with Crippen LogP contribution in [0.3, 0.4) is 0 Å². The van der Waals surface area contributed by atoms with Crippen molar-refractivity contribution < 1.29 is 22.7 Å². The zero-order valence-electron chi connectivity index (χ0n) is 20.4. The van der Waals surface area contributed by atoms with E-state index in [-0.39, 0.29) is 25.5 Å². The third kappa shape index (κ3) is 8.46. The van der Waals surface area contributed by atoms with E-state index < -0.39 is 22.0 Å². The van der Waals surface area contributed by atoms with Crippen molar-refractivity contribution in [3.8, 4) is 5.75 Å². The van der Waals surface area contributed by atoms with Crippen molar-refractivity contribution >= 4 is 21.8 Å². The van der Waals surface area contributed by atoms with Crippen molar-refractivity contribution in [3.63, 3.8) is 0 Å². The monoisotopic (exact) mass is 489 g/mol. The van der Waals surface area contributed by atoms with Crippen molar-refractivity contribution in [2.75, 3.05) is 26.5 Å². The van der Waals surface area contributed by atoms with Crippen LogP contribution in [-0.4, -0.2) is 61.9 Å². The molecule has 0 aromatic heterocycles. The van der Waals surface area contributed by atoms with Gasteiger partial charge >= 0.3 is 0 Å². The lowest BCUT2D eigenvalue weighted by molar-refractivity contribution is -0.140. The Bertz CT molecular complexity index is 1030. The van der Waals surface area contributed by atoms with Crippen molar-refractivity contribution in [2.45, 2.75) is 45.8 Å². The Morgan fingerprint density at radius 1 is 1.00 bits per heavy atom. The summed E-state index contributed by atoms with van der Waals surface area (Å²) in [7, 11) is -2.10. The molecule has 0 heterocycles. The zero-order valence-corrected chi connectivity index (χ0v) is 21.2. The van der Waals surface area contributed by atoms with Crippen LogP contribution in [-0.2, 0) is 32.7 Å². The van der Waals surface area contributed by atoms with Crippen LogP contribution >= 0.6 is 0 Å². The van der Waals surface area contributed by atoms with Crippen LogP contribution < -0.4 is 10.1 Å². The van der Waals surface area contributed by atoms with Gasteiger partial charge < -0.3 is 15.0 Å². The molecule has 1 N–H and O–H groups in total. The zero-order chi connectivity index (χ0) is 25.1. The smallest absolute Gasteiger partial charge is 0.242 e. The van der Waals surface area contributed by atoms with Gasteiger partial charge in [0.05, 0.1) is 19.9 Å². The number of hydrogen-bond donors (Lipinski definition) is 1. The molecule has 2 rings (SSSR count). The van der Waals surface area contributed by atoms with Gasteiger partial charge in [-0.15, -0.1) is 0 Å². The van der Waals surface area contributed by atoms with Crippen LogP contribution in [0.25, 0.3) is 0 Å². The van der Waals surface area contributed by atoms with E-state index in [0.717, 1.165) is 34.5 Å². The minimum atomic E-state index is -3.67. The second-order valence-electron chi connectivity index (χ2n) is 8.21. The molecule has 2 aromatic rings. The van der Waals surface area contributed by atoms with Crippen LogP contribution in [0.5, 0.6) is 5.75 Å². The number of benzene rings is 2. The van der Waals surface area contributed by atoms with E-state index in [1.165, 1.54) is 4.90 Å². The summed E-state index contributed by atoms with van der Waals surface area (Å²) in [6.07, 6.45) is 2.85. The minimum Gasteiger partial charge on any atom is -0.497 e. The summed E-state index contributed by atoms with van der Waals surface area (Å²) in [5, 5.41) is 2.86. The van der Waals surface area contributed by atoms with Gasteiger partial charge in [0.1, 0.15) is 11.8 Å². The van der Waals surface area contributed by atoms with Crippen molar-refractivity contribution in [3.05, 3.63) is 65.7 Å². The molecular weight excluding hydrogens is 454 g/mol. The third-order valence-corrected chi connectivity index (χ3v) is 6.69. The maximum atomic E-state index is 13.4. The van der Waals surface area contributed by atoms with E-state index in [9.17, 15) is 18.0 Å². The standard InChI is InChI=1S/C25H35N3O5S/c1-5-6-16-26-25(30)20(2)28(18-22-12-14-23(33-3)15-13-22)24(29)19-27(34(4,31)32)17-21-10-8-7-9-11-21/h7-15,20H,5-6,16-19H2,1-4H3,(H,26,30). The maximum Gasteiger partial charge on any atom is 0.242 e. The number of sulfonamides is 1. The Balaban J connectivity index is 2.26. The molecule has 0 saturated heterocycles. The molecule has 1 unspecified atom stereocenters. The lowest BCUT2D eigenvalue weighted by Gasteiger charge is -2.31. The summed E-state index contributed by atoms with van der Waals surface area (Å²) in [4.78, 5) is 27.6. The fraction of sp³-hybridized carbons (Fsp3) is 0.440. The lowest BCUT2D eigenvalue weighted by atomic mass is 10.1. The first-order valence-electron chi connectivity index (χ1n) is 11.3. The number of nitrogens with zero attached hydrogens (tertiary/aromatic N) is 2. The quantitative estimate of drug-likeness (QED) is 0.437. The Hall–Kier alpha value is -2.91. The van der Waals surface area contributed by atoms with Gasteiger partial charge in [-0.25, -0.2) is 8.42 Å². The molecule has 0 saturated carbocycles. The van der Waals surface area contributed by atoms with E-state index in [2.05, 4.69) is 5.32 Å². The van der Waals surface area contributed by atoms with Gasteiger partial charge in [0.25, 0.3) is 0 Å². The van der Waals surface area contributed by atoms with Crippen LogP contribution in [0.1, 0.15) is 37.8 Å². The van der Waals surface area contributed by atoms with Gasteiger partial charge in [-0.05, 0) is 36.6 Å². The van der Waals surface area contributed by atoms with Crippen LogP contribution in [0.2, 0.25) is 0 Å². The number of ether oxygens (including phenoxy) is 1. The number of rotatable bonds is 13. The highest BCUT2D eigenvalue weighted by Gasteiger charge is 2.29.